The Hall–Kier alpha value is -0.0800. The van der Waals surface area contributed by atoms with Crippen molar-refractivity contribution in [2.45, 2.75) is 63.8 Å². The molecular formula is C15H30N2. The van der Waals surface area contributed by atoms with Crippen LogP contribution in [0.25, 0.3) is 0 Å². The molecule has 2 fully saturated rings. The highest BCUT2D eigenvalue weighted by Crippen LogP contribution is 2.38. The van der Waals surface area contributed by atoms with E-state index in [1.165, 1.54) is 57.9 Å². The van der Waals surface area contributed by atoms with E-state index in [2.05, 4.69) is 18.9 Å². The van der Waals surface area contributed by atoms with Crippen LogP contribution in [0.1, 0.15) is 58.3 Å². The average Bonchev–Trinajstić information content (AvgIpc) is 2.33. The summed E-state index contributed by atoms with van der Waals surface area (Å²) in [6, 6.07) is 0. The van der Waals surface area contributed by atoms with Crippen LogP contribution >= 0.6 is 0 Å². The maximum Gasteiger partial charge on any atom is 0.0329 e. The monoisotopic (exact) mass is 238 g/mol. The molecule has 0 heterocycles. The number of hydrogen-bond donors (Lipinski definition) is 1. The van der Waals surface area contributed by atoms with Gasteiger partial charge in [-0.1, -0.05) is 19.8 Å². The lowest BCUT2D eigenvalue weighted by Crippen LogP contribution is -2.55. The van der Waals surface area contributed by atoms with Crippen LogP contribution in [0.5, 0.6) is 0 Å². The van der Waals surface area contributed by atoms with Crippen LogP contribution < -0.4 is 5.73 Å². The number of nitrogens with two attached hydrogens (primary N) is 1. The second-order valence-electron chi connectivity index (χ2n) is 6.46. The highest BCUT2D eigenvalue weighted by Gasteiger charge is 2.38. The molecule has 0 saturated heterocycles. The molecule has 2 N–H and O–H groups in total. The Kier molecular flexibility index (Phi) is 4.48. The van der Waals surface area contributed by atoms with Crippen LogP contribution in [0.2, 0.25) is 0 Å². The van der Waals surface area contributed by atoms with E-state index in [1.807, 2.05) is 0 Å². The van der Waals surface area contributed by atoms with Crippen LogP contribution in [0.3, 0.4) is 0 Å². The van der Waals surface area contributed by atoms with Crippen LogP contribution in [0.4, 0.5) is 0 Å². The molecule has 0 unspecified atom stereocenters. The van der Waals surface area contributed by atoms with Crippen molar-refractivity contribution >= 4 is 0 Å². The molecule has 2 heteroatoms. The minimum atomic E-state index is 0.335. The maximum absolute atomic E-state index is 6.12. The Bertz CT molecular complexity index is 227. The summed E-state index contributed by atoms with van der Waals surface area (Å²) in [5.41, 5.74) is 6.45. The first-order chi connectivity index (χ1) is 8.20. The van der Waals surface area contributed by atoms with Crippen molar-refractivity contribution in [2.75, 3.05) is 20.1 Å². The Balaban J connectivity index is 1.89. The number of rotatable bonds is 5. The number of hydrogen-bond acceptors (Lipinski definition) is 2. The summed E-state index contributed by atoms with van der Waals surface area (Å²) in [7, 11) is 2.32. The molecular weight excluding hydrogens is 208 g/mol. The van der Waals surface area contributed by atoms with Crippen molar-refractivity contribution in [3.8, 4) is 0 Å². The average molecular weight is 238 g/mol. The van der Waals surface area contributed by atoms with E-state index >= 15 is 0 Å². The van der Waals surface area contributed by atoms with Crippen molar-refractivity contribution in [2.24, 2.45) is 17.6 Å². The standard InChI is InChI=1S/C15H30N2/c1-3-13-7-9-15(12-16,10-8-13)17(2)11-14-5-4-6-14/h13-14H,3-12,16H2,1-2H3. The molecule has 100 valence electrons. The van der Waals surface area contributed by atoms with Gasteiger partial charge in [0.1, 0.15) is 0 Å². The van der Waals surface area contributed by atoms with Gasteiger partial charge in [-0.05, 0) is 57.4 Å². The van der Waals surface area contributed by atoms with Crippen molar-refractivity contribution in [3.05, 3.63) is 0 Å². The summed E-state index contributed by atoms with van der Waals surface area (Å²) >= 11 is 0. The van der Waals surface area contributed by atoms with Crippen molar-refractivity contribution in [3.63, 3.8) is 0 Å². The van der Waals surface area contributed by atoms with Gasteiger partial charge >= 0.3 is 0 Å². The largest absolute Gasteiger partial charge is 0.329 e. The predicted octanol–water partition coefficient (Wildman–Crippen LogP) is 3.02. The van der Waals surface area contributed by atoms with E-state index in [4.69, 9.17) is 5.73 Å². The third kappa shape index (κ3) is 2.85. The van der Waals surface area contributed by atoms with E-state index in [0.29, 0.717) is 5.54 Å². The SMILES string of the molecule is CCC1CCC(CN)(N(C)CC2CCC2)CC1. The highest BCUT2D eigenvalue weighted by atomic mass is 15.2. The molecule has 0 amide bonds. The molecule has 0 bridgehead atoms. The first-order valence-corrected chi connectivity index (χ1v) is 7.61. The van der Waals surface area contributed by atoms with Gasteiger partial charge in [0.15, 0.2) is 0 Å². The number of likely N-dealkylation sites (N-methyl/N-ethyl adjacent to an activating group) is 1. The molecule has 2 aliphatic rings. The normalized spacial score (nSPS) is 34.9. The molecule has 2 aliphatic carbocycles. The third-order valence-corrected chi connectivity index (χ3v) is 5.56. The first kappa shape index (κ1) is 13.4. The van der Waals surface area contributed by atoms with Crippen LogP contribution in [0.15, 0.2) is 0 Å². The zero-order valence-corrected chi connectivity index (χ0v) is 11.8. The van der Waals surface area contributed by atoms with Gasteiger partial charge in [-0.2, -0.15) is 0 Å². The van der Waals surface area contributed by atoms with Gasteiger partial charge < -0.3 is 5.73 Å². The molecule has 0 aromatic carbocycles. The fourth-order valence-corrected chi connectivity index (χ4v) is 3.62. The van der Waals surface area contributed by atoms with Gasteiger partial charge in [-0.3, -0.25) is 4.90 Å². The van der Waals surface area contributed by atoms with Crippen molar-refractivity contribution < 1.29 is 0 Å². The minimum Gasteiger partial charge on any atom is -0.329 e. The lowest BCUT2D eigenvalue weighted by Gasteiger charge is -2.48. The van der Waals surface area contributed by atoms with Gasteiger partial charge in [0.2, 0.25) is 0 Å². The summed E-state index contributed by atoms with van der Waals surface area (Å²) in [6.45, 7) is 4.47. The zero-order chi connectivity index (χ0) is 12.3. The van der Waals surface area contributed by atoms with Crippen LogP contribution in [0, 0.1) is 11.8 Å². The molecule has 0 spiro atoms. The van der Waals surface area contributed by atoms with Gasteiger partial charge in [0.25, 0.3) is 0 Å². The molecule has 0 aromatic rings. The van der Waals surface area contributed by atoms with Crippen molar-refractivity contribution in [1.29, 1.82) is 0 Å². The summed E-state index contributed by atoms with van der Waals surface area (Å²) in [5.74, 6) is 1.93. The van der Waals surface area contributed by atoms with Gasteiger partial charge in [0.05, 0.1) is 0 Å². The summed E-state index contributed by atoms with van der Waals surface area (Å²) in [4.78, 5) is 2.61. The van der Waals surface area contributed by atoms with Gasteiger partial charge in [-0.15, -0.1) is 0 Å². The number of nitrogens with zero attached hydrogens (tertiary/aromatic N) is 1. The Morgan fingerprint density at radius 1 is 1.12 bits per heavy atom. The molecule has 0 aromatic heterocycles. The minimum absolute atomic E-state index is 0.335. The Morgan fingerprint density at radius 2 is 1.76 bits per heavy atom. The molecule has 0 atom stereocenters. The summed E-state index contributed by atoms with van der Waals surface area (Å²) < 4.78 is 0. The summed E-state index contributed by atoms with van der Waals surface area (Å²) in [6.07, 6.45) is 11.1. The van der Waals surface area contributed by atoms with E-state index in [1.54, 1.807) is 0 Å². The van der Waals surface area contributed by atoms with Crippen LogP contribution in [-0.4, -0.2) is 30.6 Å². The fraction of sp³-hybridized carbons (Fsp3) is 1.00. The van der Waals surface area contributed by atoms with E-state index in [9.17, 15) is 0 Å². The smallest absolute Gasteiger partial charge is 0.0329 e. The Morgan fingerprint density at radius 3 is 2.18 bits per heavy atom. The first-order valence-electron chi connectivity index (χ1n) is 7.61. The second kappa shape index (κ2) is 5.71. The molecule has 2 rings (SSSR count). The molecule has 0 aliphatic heterocycles. The van der Waals surface area contributed by atoms with Crippen molar-refractivity contribution in [1.82, 2.24) is 4.90 Å². The topological polar surface area (TPSA) is 29.3 Å². The lowest BCUT2D eigenvalue weighted by molar-refractivity contribution is 0.0397. The Labute approximate surface area is 107 Å². The van der Waals surface area contributed by atoms with Gasteiger partial charge in [-0.25, -0.2) is 0 Å². The molecule has 17 heavy (non-hydrogen) atoms. The summed E-state index contributed by atoms with van der Waals surface area (Å²) in [5, 5.41) is 0. The fourth-order valence-electron chi connectivity index (χ4n) is 3.62. The lowest BCUT2D eigenvalue weighted by atomic mass is 9.74. The zero-order valence-electron chi connectivity index (χ0n) is 11.8. The third-order valence-electron chi connectivity index (χ3n) is 5.56. The maximum atomic E-state index is 6.12. The van der Waals surface area contributed by atoms with E-state index in [-0.39, 0.29) is 0 Å². The van der Waals surface area contributed by atoms with E-state index in [0.717, 1.165) is 18.4 Å². The second-order valence-corrected chi connectivity index (χ2v) is 6.46. The van der Waals surface area contributed by atoms with E-state index < -0.39 is 0 Å². The highest BCUT2D eigenvalue weighted by molar-refractivity contribution is 4.95. The molecule has 0 radical (unpaired) electrons. The predicted molar refractivity (Wildman–Crippen MR) is 74.0 cm³/mol. The molecule has 2 saturated carbocycles. The quantitative estimate of drug-likeness (QED) is 0.798. The molecule has 2 nitrogen and oxygen atoms in total. The van der Waals surface area contributed by atoms with Gasteiger partial charge in [0, 0.05) is 18.6 Å². The van der Waals surface area contributed by atoms with Crippen LogP contribution in [-0.2, 0) is 0 Å².